The number of hydrogen-bond donors (Lipinski definition) is 2. The van der Waals surface area contributed by atoms with E-state index in [9.17, 15) is 0 Å². The molecule has 0 amide bonds. The van der Waals surface area contributed by atoms with Gasteiger partial charge < -0.3 is 11.1 Å². The van der Waals surface area contributed by atoms with E-state index in [-0.39, 0.29) is 0 Å². The maximum Gasteiger partial charge on any atom is 0.223 e. The van der Waals surface area contributed by atoms with Crippen molar-refractivity contribution in [2.75, 3.05) is 11.9 Å². The normalized spacial score (nSPS) is 12.5. The highest BCUT2D eigenvalue weighted by Crippen LogP contribution is 2.10. The molecule has 0 saturated heterocycles. The molecule has 4 nitrogen and oxygen atoms in total. The Bertz CT molecular complexity index is 365. The molecule has 0 fully saturated rings. The summed E-state index contributed by atoms with van der Waals surface area (Å²) in [5, 5.41) is 3.18. The first-order valence-corrected chi connectivity index (χ1v) is 5.78. The zero-order chi connectivity index (χ0) is 12.1. The van der Waals surface area contributed by atoms with E-state index in [2.05, 4.69) is 36.1 Å². The summed E-state index contributed by atoms with van der Waals surface area (Å²) < 4.78 is 0. The van der Waals surface area contributed by atoms with Crippen molar-refractivity contribution in [1.29, 1.82) is 0 Å². The lowest BCUT2D eigenvalue weighted by atomic mass is 9.98. The predicted octanol–water partition coefficient (Wildman–Crippen LogP) is 1.81. The molecule has 0 bridgehead atoms. The predicted molar refractivity (Wildman–Crippen MR) is 70.4 cm³/mol. The first-order chi connectivity index (χ1) is 7.50. The van der Waals surface area contributed by atoms with Gasteiger partial charge in [-0.05, 0) is 17.9 Å². The molecule has 1 aromatic rings. The van der Waals surface area contributed by atoms with Crippen LogP contribution in [0.15, 0.2) is 12.3 Å². The third-order valence-electron chi connectivity index (χ3n) is 2.63. The molecular weight excluding hydrogens is 220 g/mol. The monoisotopic (exact) mass is 238 g/mol. The van der Waals surface area contributed by atoms with Gasteiger partial charge in [0.05, 0.1) is 0 Å². The summed E-state index contributed by atoms with van der Waals surface area (Å²) in [6.45, 7) is 7.42. The molecule has 1 aromatic heterocycles. The first kappa shape index (κ1) is 12.8. The van der Waals surface area contributed by atoms with E-state index in [0.717, 1.165) is 6.54 Å². The van der Waals surface area contributed by atoms with Crippen LogP contribution in [0.25, 0.3) is 0 Å². The highest BCUT2D eigenvalue weighted by Gasteiger charge is 2.07. The van der Waals surface area contributed by atoms with Crippen LogP contribution in [0.5, 0.6) is 0 Å². The highest BCUT2D eigenvalue weighted by atomic mass is 32.1. The quantitative estimate of drug-likeness (QED) is 0.766. The third-order valence-corrected chi connectivity index (χ3v) is 2.84. The number of thiocarbonyl (C=S) groups is 1. The van der Waals surface area contributed by atoms with Gasteiger partial charge >= 0.3 is 0 Å². The van der Waals surface area contributed by atoms with Crippen LogP contribution in [0.1, 0.15) is 26.5 Å². The van der Waals surface area contributed by atoms with Crippen molar-refractivity contribution in [2.45, 2.75) is 20.8 Å². The minimum absolute atomic E-state index is 0.294. The van der Waals surface area contributed by atoms with Crippen LogP contribution in [0.4, 0.5) is 5.95 Å². The molecular formula is C11H18N4S. The molecule has 0 aliphatic heterocycles. The van der Waals surface area contributed by atoms with Gasteiger partial charge in [0.15, 0.2) is 0 Å². The van der Waals surface area contributed by atoms with Crippen molar-refractivity contribution in [3.05, 3.63) is 18.0 Å². The third kappa shape index (κ3) is 3.73. The molecule has 0 aliphatic carbocycles. The Hall–Kier alpha value is -1.23. The van der Waals surface area contributed by atoms with E-state index in [0.29, 0.717) is 28.5 Å². The molecule has 1 atom stereocenters. The zero-order valence-corrected chi connectivity index (χ0v) is 10.7. The summed E-state index contributed by atoms with van der Waals surface area (Å²) >= 11 is 4.86. The van der Waals surface area contributed by atoms with Gasteiger partial charge in [-0.1, -0.05) is 33.0 Å². The maximum absolute atomic E-state index is 5.50. The van der Waals surface area contributed by atoms with Crippen LogP contribution in [0.3, 0.4) is 0 Å². The summed E-state index contributed by atoms with van der Waals surface area (Å²) in [6.07, 6.45) is 1.66. The Labute approximate surface area is 102 Å². The van der Waals surface area contributed by atoms with Gasteiger partial charge in [0.2, 0.25) is 5.95 Å². The van der Waals surface area contributed by atoms with Gasteiger partial charge in [0, 0.05) is 12.7 Å². The van der Waals surface area contributed by atoms with Crippen LogP contribution in [-0.4, -0.2) is 21.5 Å². The Kier molecular flexibility index (Phi) is 4.61. The van der Waals surface area contributed by atoms with Crippen LogP contribution in [-0.2, 0) is 0 Å². The van der Waals surface area contributed by atoms with Crippen molar-refractivity contribution in [1.82, 2.24) is 9.97 Å². The van der Waals surface area contributed by atoms with Crippen LogP contribution >= 0.6 is 12.2 Å². The van der Waals surface area contributed by atoms with Crippen molar-refractivity contribution in [3.8, 4) is 0 Å². The fourth-order valence-corrected chi connectivity index (χ4v) is 1.18. The lowest BCUT2D eigenvalue weighted by Crippen LogP contribution is -2.19. The molecule has 0 aromatic carbocycles. The van der Waals surface area contributed by atoms with E-state index in [1.54, 1.807) is 12.3 Å². The first-order valence-electron chi connectivity index (χ1n) is 5.37. The molecule has 1 unspecified atom stereocenters. The van der Waals surface area contributed by atoms with E-state index in [4.69, 9.17) is 18.0 Å². The second-order valence-corrected chi connectivity index (χ2v) is 4.67. The van der Waals surface area contributed by atoms with Crippen LogP contribution in [0.2, 0.25) is 0 Å². The summed E-state index contributed by atoms with van der Waals surface area (Å²) in [5.74, 6) is 1.78. The Morgan fingerprint density at radius 1 is 1.50 bits per heavy atom. The Morgan fingerprint density at radius 2 is 2.19 bits per heavy atom. The zero-order valence-electron chi connectivity index (χ0n) is 9.90. The molecule has 5 heteroatoms. The minimum atomic E-state index is 0.294. The van der Waals surface area contributed by atoms with Gasteiger partial charge in [0.1, 0.15) is 10.7 Å². The molecule has 1 rings (SSSR count). The molecule has 1 heterocycles. The van der Waals surface area contributed by atoms with Crippen LogP contribution in [0, 0.1) is 11.8 Å². The summed E-state index contributed by atoms with van der Waals surface area (Å²) in [5.41, 5.74) is 6.10. The van der Waals surface area contributed by atoms with E-state index < -0.39 is 0 Å². The van der Waals surface area contributed by atoms with E-state index in [1.807, 2.05) is 0 Å². The second kappa shape index (κ2) is 5.75. The molecule has 0 saturated carbocycles. The lowest BCUT2D eigenvalue weighted by molar-refractivity contribution is 0.439. The number of nitrogens with zero attached hydrogens (tertiary/aromatic N) is 2. The molecule has 0 aliphatic rings. The average molecular weight is 238 g/mol. The summed E-state index contributed by atoms with van der Waals surface area (Å²) in [6, 6.07) is 1.71. The number of anilines is 1. The van der Waals surface area contributed by atoms with E-state index in [1.165, 1.54) is 0 Å². The van der Waals surface area contributed by atoms with Gasteiger partial charge in [-0.2, -0.15) is 0 Å². The topological polar surface area (TPSA) is 63.8 Å². The average Bonchev–Trinajstić information content (AvgIpc) is 2.26. The number of nitrogens with one attached hydrogen (secondary N) is 1. The Balaban J connectivity index is 2.61. The second-order valence-electron chi connectivity index (χ2n) is 4.23. The largest absolute Gasteiger partial charge is 0.388 e. The number of nitrogens with two attached hydrogens (primary N) is 1. The lowest BCUT2D eigenvalue weighted by Gasteiger charge is -2.15. The van der Waals surface area contributed by atoms with Gasteiger partial charge in [0.25, 0.3) is 0 Å². The molecule has 0 radical (unpaired) electrons. The molecule has 16 heavy (non-hydrogen) atoms. The fourth-order valence-electron chi connectivity index (χ4n) is 1.07. The maximum atomic E-state index is 5.50. The van der Waals surface area contributed by atoms with Gasteiger partial charge in [-0.15, -0.1) is 0 Å². The van der Waals surface area contributed by atoms with Crippen molar-refractivity contribution >= 4 is 23.2 Å². The SMILES string of the molecule is CC(C)C(C)CNc1nccc(C(N)=S)n1. The van der Waals surface area contributed by atoms with E-state index >= 15 is 0 Å². The van der Waals surface area contributed by atoms with Crippen LogP contribution < -0.4 is 11.1 Å². The van der Waals surface area contributed by atoms with Crippen molar-refractivity contribution in [2.24, 2.45) is 17.6 Å². The minimum Gasteiger partial charge on any atom is -0.388 e. The van der Waals surface area contributed by atoms with Gasteiger partial charge in [-0.3, -0.25) is 0 Å². The fraction of sp³-hybridized carbons (Fsp3) is 0.545. The number of hydrogen-bond acceptors (Lipinski definition) is 4. The molecule has 0 spiro atoms. The van der Waals surface area contributed by atoms with Crippen molar-refractivity contribution in [3.63, 3.8) is 0 Å². The standard InChI is InChI=1S/C11H18N4S/c1-7(2)8(3)6-14-11-13-5-4-9(15-11)10(12)16/h4-5,7-8H,6H2,1-3H3,(H2,12,16)(H,13,14,15). The smallest absolute Gasteiger partial charge is 0.223 e. The summed E-state index contributed by atoms with van der Waals surface area (Å²) in [7, 11) is 0. The Morgan fingerprint density at radius 3 is 2.75 bits per heavy atom. The van der Waals surface area contributed by atoms with Gasteiger partial charge in [-0.25, -0.2) is 9.97 Å². The number of rotatable bonds is 5. The highest BCUT2D eigenvalue weighted by molar-refractivity contribution is 7.80. The molecule has 88 valence electrons. The van der Waals surface area contributed by atoms with Crippen molar-refractivity contribution < 1.29 is 0 Å². The summed E-state index contributed by atoms with van der Waals surface area (Å²) in [4.78, 5) is 8.62. The molecule has 3 N–H and O–H groups in total. The number of aromatic nitrogens is 2.